The SMILES string of the molecule is COc1ccc(CC(=O)[O-])c(C(=O)[O-])c1. The molecule has 0 saturated carbocycles. The van der Waals surface area contributed by atoms with Crippen molar-refractivity contribution >= 4 is 11.9 Å². The smallest absolute Gasteiger partial charge is 0.119 e. The second-order valence-electron chi connectivity index (χ2n) is 2.86. The van der Waals surface area contributed by atoms with Crippen molar-refractivity contribution in [1.29, 1.82) is 0 Å². The molecule has 15 heavy (non-hydrogen) atoms. The Morgan fingerprint density at radius 1 is 1.33 bits per heavy atom. The summed E-state index contributed by atoms with van der Waals surface area (Å²) in [5, 5.41) is 21.0. The van der Waals surface area contributed by atoms with Crippen LogP contribution in [-0.4, -0.2) is 19.0 Å². The lowest BCUT2D eigenvalue weighted by Gasteiger charge is -2.12. The number of carbonyl (C=O) groups is 2. The summed E-state index contributed by atoms with van der Waals surface area (Å²) in [5.74, 6) is -2.45. The van der Waals surface area contributed by atoms with Crippen molar-refractivity contribution in [3.05, 3.63) is 29.3 Å². The first-order valence-corrected chi connectivity index (χ1v) is 4.12. The van der Waals surface area contributed by atoms with Crippen molar-refractivity contribution in [2.45, 2.75) is 6.42 Å². The average molecular weight is 208 g/mol. The van der Waals surface area contributed by atoms with Gasteiger partial charge in [0.1, 0.15) is 5.75 Å². The Bertz CT molecular complexity index is 397. The number of methoxy groups -OCH3 is 1. The second-order valence-corrected chi connectivity index (χ2v) is 2.86. The minimum Gasteiger partial charge on any atom is -0.550 e. The second kappa shape index (κ2) is 4.45. The molecular formula is C10H8O5-2. The lowest BCUT2D eigenvalue weighted by atomic mass is 10.0. The van der Waals surface area contributed by atoms with E-state index in [0.717, 1.165) is 0 Å². The number of carboxylic acids is 2. The monoisotopic (exact) mass is 208 g/mol. The van der Waals surface area contributed by atoms with Crippen LogP contribution >= 0.6 is 0 Å². The number of rotatable bonds is 4. The molecule has 0 unspecified atom stereocenters. The maximum absolute atomic E-state index is 10.7. The van der Waals surface area contributed by atoms with Crippen molar-refractivity contribution < 1.29 is 24.5 Å². The van der Waals surface area contributed by atoms with Crippen LogP contribution in [0.25, 0.3) is 0 Å². The van der Waals surface area contributed by atoms with E-state index < -0.39 is 18.4 Å². The number of ether oxygens (including phenoxy) is 1. The topological polar surface area (TPSA) is 89.5 Å². The van der Waals surface area contributed by atoms with Crippen molar-refractivity contribution in [3.8, 4) is 5.75 Å². The van der Waals surface area contributed by atoms with E-state index in [1.54, 1.807) is 0 Å². The van der Waals surface area contributed by atoms with E-state index in [-0.39, 0.29) is 11.1 Å². The number of aromatic carboxylic acids is 1. The summed E-state index contributed by atoms with van der Waals surface area (Å²) in [5.41, 5.74) is -0.0608. The molecule has 0 aliphatic rings. The van der Waals surface area contributed by atoms with Crippen molar-refractivity contribution in [3.63, 3.8) is 0 Å². The molecule has 5 heteroatoms. The minimum absolute atomic E-state index is 0.135. The van der Waals surface area contributed by atoms with Crippen LogP contribution in [0.4, 0.5) is 0 Å². The molecule has 0 amide bonds. The van der Waals surface area contributed by atoms with Crippen LogP contribution in [0.1, 0.15) is 15.9 Å². The largest absolute Gasteiger partial charge is 0.550 e. The van der Waals surface area contributed by atoms with E-state index in [4.69, 9.17) is 4.74 Å². The van der Waals surface area contributed by atoms with Gasteiger partial charge in [-0.25, -0.2) is 0 Å². The molecular weight excluding hydrogens is 200 g/mol. The molecule has 1 aromatic rings. The van der Waals surface area contributed by atoms with Gasteiger partial charge in [-0.1, -0.05) is 6.07 Å². The average Bonchev–Trinajstić information content (AvgIpc) is 2.17. The molecule has 0 atom stereocenters. The summed E-state index contributed by atoms with van der Waals surface area (Å²) in [4.78, 5) is 21.0. The molecule has 0 radical (unpaired) electrons. The number of carbonyl (C=O) groups excluding carboxylic acids is 2. The first-order valence-electron chi connectivity index (χ1n) is 4.12. The molecule has 1 rings (SSSR count). The van der Waals surface area contributed by atoms with Gasteiger partial charge in [-0.15, -0.1) is 0 Å². The molecule has 0 aromatic heterocycles. The third kappa shape index (κ3) is 2.70. The highest BCUT2D eigenvalue weighted by molar-refractivity contribution is 5.89. The molecule has 0 heterocycles. The molecule has 0 aliphatic heterocycles. The first-order chi connectivity index (χ1) is 7.04. The molecule has 0 saturated heterocycles. The predicted octanol–water partition coefficient (Wildman–Crippen LogP) is -1.65. The van der Waals surface area contributed by atoms with Crippen LogP contribution in [0, 0.1) is 0 Å². The molecule has 0 spiro atoms. The Hall–Kier alpha value is -2.04. The van der Waals surface area contributed by atoms with E-state index in [0.29, 0.717) is 5.75 Å². The van der Waals surface area contributed by atoms with Gasteiger partial charge in [-0.3, -0.25) is 0 Å². The first kappa shape index (κ1) is 11.0. The summed E-state index contributed by atoms with van der Waals surface area (Å²) in [6.45, 7) is 0. The van der Waals surface area contributed by atoms with Gasteiger partial charge < -0.3 is 24.5 Å². The predicted molar refractivity (Wildman–Crippen MR) is 46.0 cm³/mol. The summed E-state index contributed by atoms with van der Waals surface area (Å²) < 4.78 is 4.81. The molecule has 5 nitrogen and oxygen atoms in total. The zero-order valence-corrected chi connectivity index (χ0v) is 7.98. The van der Waals surface area contributed by atoms with Gasteiger partial charge in [0.2, 0.25) is 0 Å². The summed E-state index contributed by atoms with van der Waals surface area (Å²) in [6.07, 6.45) is -0.465. The van der Waals surface area contributed by atoms with Crippen LogP contribution in [0.3, 0.4) is 0 Å². The van der Waals surface area contributed by atoms with Crippen LogP contribution < -0.4 is 14.9 Å². The zero-order valence-electron chi connectivity index (χ0n) is 7.98. The lowest BCUT2D eigenvalue weighted by molar-refractivity contribution is -0.304. The number of carboxylic acid groups (broad SMARTS) is 2. The number of hydrogen-bond donors (Lipinski definition) is 0. The van der Waals surface area contributed by atoms with Gasteiger partial charge in [0, 0.05) is 18.0 Å². The van der Waals surface area contributed by atoms with Gasteiger partial charge in [-0.05, 0) is 17.7 Å². The van der Waals surface area contributed by atoms with Gasteiger partial charge in [-0.2, -0.15) is 0 Å². The molecule has 0 bridgehead atoms. The summed E-state index contributed by atoms with van der Waals surface area (Å²) >= 11 is 0. The molecule has 0 fully saturated rings. The summed E-state index contributed by atoms with van der Waals surface area (Å²) in [7, 11) is 1.38. The van der Waals surface area contributed by atoms with E-state index in [1.165, 1.54) is 25.3 Å². The Morgan fingerprint density at radius 2 is 2.00 bits per heavy atom. The number of benzene rings is 1. The van der Waals surface area contributed by atoms with Crippen molar-refractivity contribution in [2.75, 3.05) is 7.11 Å². The Kier molecular flexibility index (Phi) is 3.28. The Morgan fingerprint density at radius 3 is 2.47 bits per heavy atom. The van der Waals surface area contributed by atoms with Gasteiger partial charge in [0.15, 0.2) is 0 Å². The van der Waals surface area contributed by atoms with Crippen molar-refractivity contribution in [2.24, 2.45) is 0 Å². The Balaban J connectivity index is 3.15. The lowest BCUT2D eigenvalue weighted by Crippen LogP contribution is -2.28. The molecule has 0 N–H and O–H groups in total. The Labute approximate surface area is 85.9 Å². The van der Waals surface area contributed by atoms with Gasteiger partial charge >= 0.3 is 0 Å². The third-order valence-corrected chi connectivity index (χ3v) is 1.87. The van der Waals surface area contributed by atoms with Crippen LogP contribution in [0.15, 0.2) is 18.2 Å². The molecule has 1 aromatic carbocycles. The fourth-order valence-electron chi connectivity index (χ4n) is 1.18. The van der Waals surface area contributed by atoms with Gasteiger partial charge in [0.05, 0.1) is 13.1 Å². The van der Waals surface area contributed by atoms with Crippen molar-refractivity contribution in [1.82, 2.24) is 0 Å². The minimum atomic E-state index is -1.44. The number of hydrogen-bond acceptors (Lipinski definition) is 5. The van der Waals surface area contributed by atoms with E-state index in [1.807, 2.05) is 0 Å². The van der Waals surface area contributed by atoms with E-state index in [9.17, 15) is 19.8 Å². The molecule has 80 valence electrons. The van der Waals surface area contributed by atoms with E-state index >= 15 is 0 Å². The van der Waals surface area contributed by atoms with Gasteiger partial charge in [0.25, 0.3) is 0 Å². The standard InChI is InChI=1S/C10H10O5/c1-15-7-3-2-6(4-9(11)12)8(5-7)10(13)14/h2-3,5H,4H2,1H3,(H,11,12)(H,13,14)/p-2. The normalized spacial score (nSPS) is 9.67. The quantitative estimate of drug-likeness (QED) is 0.591. The molecule has 0 aliphatic carbocycles. The van der Waals surface area contributed by atoms with Crippen LogP contribution in [-0.2, 0) is 11.2 Å². The zero-order chi connectivity index (χ0) is 11.4. The van der Waals surface area contributed by atoms with E-state index in [2.05, 4.69) is 0 Å². The fraction of sp³-hybridized carbons (Fsp3) is 0.200. The number of aliphatic carboxylic acids is 1. The van der Waals surface area contributed by atoms with Crippen LogP contribution in [0.5, 0.6) is 5.75 Å². The summed E-state index contributed by atoms with van der Waals surface area (Å²) in [6, 6.07) is 4.05. The highest BCUT2D eigenvalue weighted by Crippen LogP contribution is 2.17. The van der Waals surface area contributed by atoms with Crippen LogP contribution in [0.2, 0.25) is 0 Å². The highest BCUT2D eigenvalue weighted by atomic mass is 16.5. The maximum Gasteiger partial charge on any atom is 0.119 e. The highest BCUT2D eigenvalue weighted by Gasteiger charge is 2.05. The fourth-order valence-corrected chi connectivity index (χ4v) is 1.18. The maximum atomic E-state index is 10.7. The third-order valence-electron chi connectivity index (χ3n) is 1.87.